The van der Waals surface area contributed by atoms with Gasteiger partial charge in [-0.3, -0.25) is 5.10 Å². The molecule has 1 N–H and O–H groups in total. The zero-order valence-corrected chi connectivity index (χ0v) is 8.93. The van der Waals surface area contributed by atoms with Crippen molar-refractivity contribution in [2.45, 2.75) is 12.1 Å². The van der Waals surface area contributed by atoms with Gasteiger partial charge in [0.05, 0.1) is 0 Å². The third-order valence-electron chi connectivity index (χ3n) is 1.93. The third kappa shape index (κ3) is 1.80. The van der Waals surface area contributed by atoms with E-state index in [4.69, 9.17) is 0 Å². The van der Waals surface area contributed by atoms with Crippen LogP contribution in [0, 0.1) is 6.92 Å². The van der Waals surface area contributed by atoms with E-state index in [1.807, 2.05) is 18.4 Å². The van der Waals surface area contributed by atoms with Crippen LogP contribution in [-0.4, -0.2) is 21.4 Å². The lowest BCUT2D eigenvalue weighted by atomic mass is 10.1. The van der Waals surface area contributed by atoms with Crippen LogP contribution in [0.5, 0.6) is 0 Å². The molecule has 0 fully saturated rings. The molecule has 1 heterocycles. The molecule has 2 rings (SSSR count). The minimum absolute atomic E-state index is 0.762. The van der Waals surface area contributed by atoms with Gasteiger partial charge in [0.15, 0.2) is 11.0 Å². The fraction of sp³-hybridized carbons (Fsp3) is 0.200. The molecule has 3 nitrogen and oxygen atoms in total. The van der Waals surface area contributed by atoms with Crippen LogP contribution in [0.3, 0.4) is 0 Å². The van der Waals surface area contributed by atoms with E-state index in [0.717, 1.165) is 16.5 Å². The van der Waals surface area contributed by atoms with Gasteiger partial charge in [0.2, 0.25) is 0 Å². The lowest BCUT2D eigenvalue weighted by Gasteiger charge is -1.95. The normalized spacial score (nSPS) is 10.4. The highest BCUT2D eigenvalue weighted by atomic mass is 32.2. The van der Waals surface area contributed by atoms with E-state index in [-0.39, 0.29) is 0 Å². The fourth-order valence-electron chi connectivity index (χ4n) is 1.25. The van der Waals surface area contributed by atoms with Gasteiger partial charge in [-0.05, 0) is 19.2 Å². The van der Waals surface area contributed by atoms with Gasteiger partial charge >= 0.3 is 0 Å². The number of hydrogen-bond donors (Lipinski definition) is 1. The molecule has 0 saturated heterocycles. The number of rotatable bonds is 2. The van der Waals surface area contributed by atoms with Gasteiger partial charge in [-0.15, -0.1) is 0 Å². The Morgan fingerprint density at radius 1 is 1.36 bits per heavy atom. The van der Waals surface area contributed by atoms with E-state index in [2.05, 4.69) is 34.2 Å². The van der Waals surface area contributed by atoms with E-state index in [1.54, 1.807) is 11.8 Å². The Morgan fingerprint density at radius 2 is 2.21 bits per heavy atom. The second kappa shape index (κ2) is 3.84. The van der Waals surface area contributed by atoms with Crippen molar-refractivity contribution in [2.24, 2.45) is 0 Å². The first-order chi connectivity index (χ1) is 6.79. The summed E-state index contributed by atoms with van der Waals surface area (Å²) >= 11 is 1.56. The van der Waals surface area contributed by atoms with E-state index < -0.39 is 0 Å². The molecule has 0 atom stereocenters. The van der Waals surface area contributed by atoms with Crippen LogP contribution < -0.4 is 0 Å². The maximum Gasteiger partial charge on any atom is 0.183 e. The number of aromatic amines is 1. The van der Waals surface area contributed by atoms with Gasteiger partial charge < -0.3 is 0 Å². The lowest BCUT2D eigenvalue weighted by molar-refractivity contribution is 0.976. The summed E-state index contributed by atoms with van der Waals surface area (Å²) < 4.78 is 0. The largest absolute Gasteiger partial charge is 0.254 e. The van der Waals surface area contributed by atoms with Gasteiger partial charge in [-0.2, -0.15) is 5.10 Å². The number of hydrogen-bond acceptors (Lipinski definition) is 3. The number of aryl methyl sites for hydroxylation is 1. The fourth-order valence-corrected chi connectivity index (χ4v) is 1.57. The highest BCUT2D eigenvalue weighted by molar-refractivity contribution is 7.98. The Hall–Kier alpha value is -1.29. The summed E-state index contributed by atoms with van der Waals surface area (Å²) in [7, 11) is 0. The van der Waals surface area contributed by atoms with Gasteiger partial charge in [0.25, 0.3) is 0 Å². The van der Waals surface area contributed by atoms with Crippen molar-refractivity contribution >= 4 is 11.8 Å². The van der Waals surface area contributed by atoms with E-state index in [9.17, 15) is 0 Å². The van der Waals surface area contributed by atoms with Crippen LogP contribution >= 0.6 is 11.8 Å². The molecule has 0 amide bonds. The first-order valence-corrected chi connectivity index (χ1v) is 5.55. The van der Waals surface area contributed by atoms with Gasteiger partial charge in [0.1, 0.15) is 0 Å². The number of benzene rings is 1. The first kappa shape index (κ1) is 9.27. The van der Waals surface area contributed by atoms with Crippen LogP contribution in [0.4, 0.5) is 0 Å². The lowest BCUT2D eigenvalue weighted by Crippen LogP contribution is -1.81. The molecule has 0 saturated carbocycles. The zero-order chi connectivity index (χ0) is 9.97. The van der Waals surface area contributed by atoms with E-state index in [1.165, 1.54) is 5.56 Å². The number of nitrogens with zero attached hydrogens (tertiary/aromatic N) is 2. The minimum atomic E-state index is 0.762. The summed E-state index contributed by atoms with van der Waals surface area (Å²) in [6.07, 6.45) is 1.97. The van der Waals surface area contributed by atoms with Crippen molar-refractivity contribution in [3.63, 3.8) is 0 Å². The standard InChI is InChI=1S/C10H11N3S/c1-7-4-3-5-8(6-7)9-11-10(14-2)13-12-9/h3-6H,1-2H3,(H,11,12,13). The van der Waals surface area contributed by atoms with Crippen molar-refractivity contribution < 1.29 is 0 Å². The van der Waals surface area contributed by atoms with Crippen LogP contribution in [-0.2, 0) is 0 Å². The molecule has 1 aromatic carbocycles. The Balaban J connectivity index is 2.39. The Morgan fingerprint density at radius 3 is 2.86 bits per heavy atom. The SMILES string of the molecule is CSc1nc(-c2cccc(C)c2)n[nH]1. The maximum atomic E-state index is 4.34. The van der Waals surface area contributed by atoms with Gasteiger partial charge in [-0.25, -0.2) is 4.98 Å². The van der Waals surface area contributed by atoms with E-state index in [0.29, 0.717) is 0 Å². The first-order valence-electron chi connectivity index (χ1n) is 4.33. The van der Waals surface area contributed by atoms with Crippen LogP contribution in [0.1, 0.15) is 5.56 Å². The predicted molar refractivity (Wildman–Crippen MR) is 58.3 cm³/mol. The molecule has 2 aromatic rings. The number of aromatic nitrogens is 3. The quantitative estimate of drug-likeness (QED) is 0.766. The highest BCUT2D eigenvalue weighted by Gasteiger charge is 2.04. The second-order valence-corrected chi connectivity index (χ2v) is 3.83. The third-order valence-corrected chi connectivity index (χ3v) is 2.50. The maximum absolute atomic E-state index is 4.34. The molecule has 0 aliphatic heterocycles. The summed E-state index contributed by atoms with van der Waals surface area (Å²) in [5, 5.41) is 7.87. The molecule has 0 unspecified atom stereocenters. The second-order valence-electron chi connectivity index (χ2n) is 3.04. The van der Waals surface area contributed by atoms with Crippen LogP contribution in [0.25, 0.3) is 11.4 Å². The van der Waals surface area contributed by atoms with Crippen molar-refractivity contribution in [1.82, 2.24) is 15.2 Å². The van der Waals surface area contributed by atoms with Crippen LogP contribution in [0.15, 0.2) is 29.4 Å². The van der Waals surface area contributed by atoms with Gasteiger partial charge in [-0.1, -0.05) is 35.5 Å². The summed E-state index contributed by atoms with van der Waals surface area (Å²) in [5.74, 6) is 0.762. The number of nitrogens with one attached hydrogen (secondary N) is 1. The molecular formula is C10H11N3S. The van der Waals surface area contributed by atoms with Crippen molar-refractivity contribution in [3.05, 3.63) is 29.8 Å². The molecule has 14 heavy (non-hydrogen) atoms. The zero-order valence-electron chi connectivity index (χ0n) is 8.11. The van der Waals surface area contributed by atoms with Crippen molar-refractivity contribution in [3.8, 4) is 11.4 Å². The minimum Gasteiger partial charge on any atom is -0.254 e. The summed E-state index contributed by atoms with van der Waals surface area (Å²) in [6, 6.07) is 8.17. The molecular weight excluding hydrogens is 194 g/mol. The smallest absolute Gasteiger partial charge is 0.183 e. The molecule has 0 aliphatic carbocycles. The van der Waals surface area contributed by atoms with E-state index >= 15 is 0 Å². The molecule has 0 aliphatic rings. The average molecular weight is 205 g/mol. The monoisotopic (exact) mass is 205 g/mol. The Kier molecular flexibility index (Phi) is 2.54. The Labute approximate surface area is 87.0 Å². The predicted octanol–water partition coefficient (Wildman–Crippen LogP) is 2.50. The van der Waals surface area contributed by atoms with Gasteiger partial charge in [0, 0.05) is 5.56 Å². The highest BCUT2D eigenvalue weighted by Crippen LogP contribution is 2.18. The topological polar surface area (TPSA) is 41.6 Å². The molecule has 0 spiro atoms. The molecule has 0 radical (unpaired) electrons. The summed E-state index contributed by atoms with van der Waals surface area (Å²) in [6.45, 7) is 2.06. The summed E-state index contributed by atoms with van der Waals surface area (Å²) in [4.78, 5) is 4.34. The number of thioether (sulfide) groups is 1. The average Bonchev–Trinajstić information content (AvgIpc) is 2.66. The molecule has 0 bridgehead atoms. The van der Waals surface area contributed by atoms with Crippen LogP contribution in [0.2, 0.25) is 0 Å². The van der Waals surface area contributed by atoms with Crippen molar-refractivity contribution in [2.75, 3.05) is 6.26 Å². The number of H-pyrrole nitrogens is 1. The molecule has 4 heteroatoms. The Bertz CT molecular complexity index is 436. The molecule has 1 aromatic heterocycles. The van der Waals surface area contributed by atoms with Crippen molar-refractivity contribution in [1.29, 1.82) is 0 Å². The summed E-state index contributed by atoms with van der Waals surface area (Å²) in [5.41, 5.74) is 2.28. The molecule has 72 valence electrons.